The summed E-state index contributed by atoms with van der Waals surface area (Å²) in [5.41, 5.74) is 0.228. The maximum Gasteiger partial charge on any atom is 0.431 e. The Morgan fingerprint density at radius 2 is 1.89 bits per heavy atom. The van der Waals surface area contributed by atoms with Crippen molar-refractivity contribution in [3.8, 4) is 11.1 Å². The standard InChI is InChI=1S/C17H16F3N3O3S/c1-10(24)9-22-27(25,26)12-4-2-11(3-5-12)13-6-7-21-16-14(13)8-15(23-16)17(18,19)20/h2-8,10,22,24H,9H2,1H3,(H,21,23). The number of rotatable bonds is 5. The van der Waals surface area contributed by atoms with Crippen LogP contribution >= 0.6 is 0 Å². The van der Waals surface area contributed by atoms with Crippen molar-refractivity contribution in [1.29, 1.82) is 0 Å². The highest BCUT2D eigenvalue weighted by atomic mass is 32.2. The molecule has 0 saturated carbocycles. The maximum atomic E-state index is 12.9. The molecule has 0 spiro atoms. The number of aromatic nitrogens is 2. The lowest BCUT2D eigenvalue weighted by molar-refractivity contribution is -0.140. The summed E-state index contributed by atoms with van der Waals surface area (Å²) >= 11 is 0. The van der Waals surface area contributed by atoms with Gasteiger partial charge in [-0.25, -0.2) is 18.1 Å². The van der Waals surface area contributed by atoms with Crippen LogP contribution in [0.25, 0.3) is 22.2 Å². The minimum atomic E-state index is -4.52. The number of aromatic amines is 1. The Balaban J connectivity index is 1.97. The Bertz CT molecular complexity index is 1060. The van der Waals surface area contributed by atoms with Crippen LogP contribution < -0.4 is 4.72 Å². The number of nitrogens with one attached hydrogen (secondary N) is 2. The first-order valence-corrected chi connectivity index (χ1v) is 9.39. The van der Waals surface area contributed by atoms with Gasteiger partial charge in [0.05, 0.1) is 11.0 Å². The lowest BCUT2D eigenvalue weighted by atomic mass is 10.0. The summed E-state index contributed by atoms with van der Waals surface area (Å²) in [6.07, 6.45) is -3.98. The van der Waals surface area contributed by atoms with Crippen molar-refractivity contribution < 1.29 is 26.7 Å². The van der Waals surface area contributed by atoms with E-state index in [0.717, 1.165) is 6.07 Å². The van der Waals surface area contributed by atoms with E-state index >= 15 is 0 Å². The van der Waals surface area contributed by atoms with Gasteiger partial charge in [0.1, 0.15) is 11.3 Å². The normalized spacial score (nSPS) is 13.8. The Labute approximate surface area is 153 Å². The van der Waals surface area contributed by atoms with Gasteiger partial charge in [-0.15, -0.1) is 0 Å². The third kappa shape index (κ3) is 4.12. The predicted octanol–water partition coefficient (Wildman–Crippen LogP) is 2.91. The number of pyridine rings is 1. The Morgan fingerprint density at radius 3 is 2.48 bits per heavy atom. The van der Waals surface area contributed by atoms with Crippen LogP contribution in [-0.4, -0.2) is 36.1 Å². The Hall–Kier alpha value is -2.43. The Kier molecular flexibility index (Phi) is 4.98. The highest BCUT2D eigenvalue weighted by Crippen LogP contribution is 2.34. The quantitative estimate of drug-likeness (QED) is 0.615. The van der Waals surface area contributed by atoms with Gasteiger partial charge in [-0.05, 0) is 42.3 Å². The summed E-state index contributed by atoms with van der Waals surface area (Å²) in [6, 6.07) is 8.25. The molecular weight excluding hydrogens is 383 g/mol. The molecule has 2 heterocycles. The summed E-state index contributed by atoms with van der Waals surface area (Å²) < 4.78 is 65.3. The van der Waals surface area contributed by atoms with Crippen molar-refractivity contribution in [2.24, 2.45) is 0 Å². The molecule has 0 amide bonds. The predicted molar refractivity (Wildman–Crippen MR) is 93.4 cm³/mol. The largest absolute Gasteiger partial charge is 0.431 e. The molecule has 3 N–H and O–H groups in total. The molecule has 1 atom stereocenters. The Morgan fingerprint density at radius 1 is 1.22 bits per heavy atom. The topological polar surface area (TPSA) is 95.1 Å². The molecule has 10 heteroatoms. The molecule has 1 aromatic carbocycles. The van der Waals surface area contributed by atoms with Gasteiger partial charge >= 0.3 is 6.18 Å². The summed E-state index contributed by atoms with van der Waals surface area (Å²) in [4.78, 5) is 6.15. The first kappa shape index (κ1) is 19.3. The second kappa shape index (κ2) is 6.95. The van der Waals surface area contributed by atoms with Crippen molar-refractivity contribution in [3.05, 3.63) is 48.3 Å². The van der Waals surface area contributed by atoms with Crippen LogP contribution in [0.2, 0.25) is 0 Å². The fraction of sp³-hybridized carbons (Fsp3) is 0.235. The number of alkyl halides is 3. The molecule has 0 bridgehead atoms. The van der Waals surface area contributed by atoms with Crippen LogP contribution in [0.5, 0.6) is 0 Å². The van der Waals surface area contributed by atoms with Crippen molar-refractivity contribution >= 4 is 21.1 Å². The molecule has 3 rings (SSSR count). The number of fused-ring (bicyclic) bond motifs is 1. The SMILES string of the molecule is CC(O)CNS(=O)(=O)c1ccc(-c2ccnc3[nH]c(C(F)(F)F)cc23)cc1. The zero-order valence-corrected chi connectivity index (χ0v) is 14.9. The number of hydrogen-bond acceptors (Lipinski definition) is 4. The van der Waals surface area contributed by atoms with E-state index in [2.05, 4.69) is 14.7 Å². The number of benzene rings is 1. The number of aliphatic hydroxyl groups excluding tert-OH is 1. The van der Waals surface area contributed by atoms with Gasteiger partial charge in [-0.1, -0.05) is 12.1 Å². The van der Waals surface area contributed by atoms with Crippen molar-refractivity contribution in [2.75, 3.05) is 6.54 Å². The summed E-state index contributed by atoms with van der Waals surface area (Å²) in [5, 5.41) is 9.48. The highest BCUT2D eigenvalue weighted by molar-refractivity contribution is 7.89. The van der Waals surface area contributed by atoms with Gasteiger partial charge in [0, 0.05) is 18.1 Å². The van der Waals surface area contributed by atoms with E-state index in [9.17, 15) is 26.7 Å². The van der Waals surface area contributed by atoms with Gasteiger partial charge in [0.15, 0.2) is 0 Å². The number of hydrogen-bond donors (Lipinski definition) is 3. The first-order chi connectivity index (χ1) is 12.6. The first-order valence-electron chi connectivity index (χ1n) is 7.91. The van der Waals surface area contributed by atoms with E-state index in [-0.39, 0.29) is 22.5 Å². The van der Waals surface area contributed by atoms with E-state index in [4.69, 9.17) is 0 Å². The molecule has 2 aromatic heterocycles. The number of H-pyrrole nitrogens is 1. The lowest BCUT2D eigenvalue weighted by Crippen LogP contribution is -2.30. The lowest BCUT2D eigenvalue weighted by Gasteiger charge is -2.09. The zero-order valence-electron chi connectivity index (χ0n) is 14.1. The third-order valence-electron chi connectivity index (χ3n) is 3.88. The van der Waals surface area contributed by atoms with Gasteiger partial charge < -0.3 is 10.1 Å². The van der Waals surface area contributed by atoms with Crippen molar-refractivity contribution in [1.82, 2.24) is 14.7 Å². The van der Waals surface area contributed by atoms with Crippen LogP contribution in [0.15, 0.2) is 47.5 Å². The van der Waals surface area contributed by atoms with Crippen LogP contribution in [0.1, 0.15) is 12.6 Å². The van der Waals surface area contributed by atoms with Crippen molar-refractivity contribution in [2.45, 2.75) is 24.1 Å². The number of halogens is 3. The van der Waals surface area contributed by atoms with Crippen LogP contribution in [0, 0.1) is 0 Å². The zero-order chi connectivity index (χ0) is 19.8. The smallest absolute Gasteiger partial charge is 0.392 e. The fourth-order valence-electron chi connectivity index (χ4n) is 2.56. The van der Waals surface area contributed by atoms with Crippen LogP contribution in [-0.2, 0) is 16.2 Å². The molecule has 27 heavy (non-hydrogen) atoms. The summed E-state index contributed by atoms with van der Waals surface area (Å²) in [5.74, 6) is 0. The van der Waals surface area contributed by atoms with Gasteiger partial charge in [-0.3, -0.25) is 0 Å². The van der Waals surface area contributed by atoms with E-state index < -0.39 is 28.0 Å². The minimum Gasteiger partial charge on any atom is -0.392 e. The average Bonchev–Trinajstić information content (AvgIpc) is 3.05. The van der Waals surface area contributed by atoms with E-state index in [1.54, 1.807) is 6.07 Å². The molecule has 3 aromatic rings. The monoisotopic (exact) mass is 399 g/mol. The summed E-state index contributed by atoms with van der Waals surface area (Å²) in [6.45, 7) is 1.32. The molecule has 0 saturated heterocycles. The molecule has 1 unspecified atom stereocenters. The molecule has 0 fully saturated rings. The van der Waals surface area contributed by atoms with Gasteiger partial charge in [0.2, 0.25) is 10.0 Å². The molecule has 0 aliphatic carbocycles. The maximum absolute atomic E-state index is 12.9. The fourth-order valence-corrected chi connectivity index (χ4v) is 3.68. The second-order valence-corrected chi connectivity index (χ2v) is 7.79. The number of aliphatic hydroxyl groups is 1. The molecule has 6 nitrogen and oxygen atoms in total. The van der Waals surface area contributed by atoms with Gasteiger partial charge in [-0.2, -0.15) is 13.2 Å². The molecule has 144 valence electrons. The third-order valence-corrected chi connectivity index (χ3v) is 5.32. The minimum absolute atomic E-state index is 0.0118. The highest BCUT2D eigenvalue weighted by Gasteiger charge is 2.33. The van der Waals surface area contributed by atoms with E-state index in [0.29, 0.717) is 11.1 Å². The van der Waals surface area contributed by atoms with Crippen LogP contribution in [0.3, 0.4) is 0 Å². The van der Waals surface area contributed by atoms with Crippen LogP contribution in [0.4, 0.5) is 13.2 Å². The molecule has 0 aliphatic heterocycles. The number of sulfonamides is 1. The molecule has 0 aliphatic rings. The van der Waals surface area contributed by atoms with Crippen molar-refractivity contribution in [3.63, 3.8) is 0 Å². The number of nitrogens with zero attached hydrogens (tertiary/aromatic N) is 1. The van der Waals surface area contributed by atoms with Gasteiger partial charge in [0.25, 0.3) is 0 Å². The molecule has 0 radical (unpaired) electrons. The van der Waals surface area contributed by atoms with E-state index in [1.165, 1.54) is 37.4 Å². The summed E-state index contributed by atoms with van der Waals surface area (Å²) in [7, 11) is -3.79. The average molecular weight is 399 g/mol. The molecular formula is C17H16F3N3O3S. The van der Waals surface area contributed by atoms with E-state index in [1.807, 2.05) is 0 Å². The second-order valence-electron chi connectivity index (χ2n) is 6.03.